The van der Waals surface area contributed by atoms with Crippen molar-refractivity contribution in [3.8, 4) is 0 Å². The number of ketones is 1. The van der Waals surface area contributed by atoms with Crippen molar-refractivity contribution in [1.29, 1.82) is 0 Å². The first-order valence-electron chi connectivity index (χ1n) is 8.39. The second-order valence-electron chi connectivity index (χ2n) is 6.43. The number of hydrogen-bond donors (Lipinski definition) is 1. The van der Waals surface area contributed by atoms with Crippen LogP contribution in [0.5, 0.6) is 0 Å². The van der Waals surface area contributed by atoms with E-state index in [1.54, 1.807) is 21.9 Å². The summed E-state index contributed by atoms with van der Waals surface area (Å²) in [4.78, 5) is 31.5. The summed E-state index contributed by atoms with van der Waals surface area (Å²) in [6.07, 6.45) is 4.95. The maximum absolute atomic E-state index is 12.9. The van der Waals surface area contributed by atoms with Crippen molar-refractivity contribution < 1.29 is 9.59 Å². The van der Waals surface area contributed by atoms with Crippen LogP contribution in [0.3, 0.4) is 0 Å². The molecule has 1 amide bonds. The largest absolute Gasteiger partial charge is 0.336 e. The normalized spacial score (nSPS) is 17.8. The molecule has 7 nitrogen and oxygen atoms in total. The van der Waals surface area contributed by atoms with E-state index < -0.39 is 0 Å². The van der Waals surface area contributed by atoms with Gasteiger partial charge in [-0.2, -0.15) is 5.10 Å². The molecule has 3 heterocycles. The number of aromatic nitrogens is 4. The number of amides is 1. The first-order valence-corrected chi connectivity index (χ1v) is 8.39. The quantitative estimate of drug-likeness (QED) is 0.741. The fraction of sp³-hybridized carbons (Fsp3) is 0.333. The lowest BCUT2D eigenvalue weighted by Crippen LogP contribution is -2.43. The number of nitrogens with zero attached hydrogens (tertiary/aromatic N) is 4. The van der Waals surface area contributed by atoms with Crippen LogP contribution in [0.1, 0.15) is 33.9 Å². The Morgan fingerprint density at radius 2 is 2.12 bits per heavy atom. The minimum absolute atomic E-state index is 0.00288. The molecule has 0 bridgehead atoms. The lowest BCUT2D eigenvalue weighted by atomic mass is 9.93. The molecular weight excluding hydrogens is 318 g/mol. The molecule has 4 rings (SSSR count). The van der Waals surface area contributed by atoms with Gasteiger partial charge in [0.05, 0.1) is 5.52 Å². The van der Waals surface area contributed by atoms with Gasteiger partial charge < -0.3 is 9.47 Å². The molecule has 2 aromatic heterocycles. The van der Waals surface area contributed by atoms with Gasteiger partial charge in [-0.1, -0.05) is 18.2 Å². The van der Waals surface area contributed by atoms with Crippen molar-refractivity contribution in [2.75, 3.05) is 13.1 Å². The Bertz CT molecular complexity index is 942. The zero-order valence-electron chi connectivity index (χ0n) is 14.0. The van der Waals surface area contributed by atoms with E-state index in [9.17, 15) is 9.59 Å². The van der Waals surface area contributed by atoms with Crippen LogP contribution in [0.4, 0.5) is 0 Å². The molecule has 1 N–H and O–H groups in total. The molecule has 1 unspecified atom stereocenters. The molecule has 1 fully saturated rings. The van der Waals surface area contributed by atoms with Crippen LogP contribution < -0.4 is 0 Å². The molecule has 0 saturated carbocycles. The monoisotopic (exact) mass is 337 g/mol. The maximum atomic E-state index is 12.9. The standard InChI is InChI=1S/C18H19N5O2/c1-22-10-8-19-17(22)16(24)12-5-4-9-23(11-12)18(25)15-13-6-2-3-7-14(13)20-21-15/h2-3,6-8,10,12H,4-5,9,11H2,1H3,(H,20,21). The summed E-state index contributed by atoms with van der Waals surface area (Å²) in [5.41, 5.74) is 1.25. The highest BCUT2D eigenvalue weighted by atomic mass is 16.2. The van der Waals surface area contributed by atoms with Gasteiger partial charge >= 0.3 is 0 Å². The van der Waals surface area contributed by atoms with Gasteiger partial charge in [-0.3, -0.25) is 14.7 Å². The van der Waals surface area contributed by atoms with Gasteiger partial charge in [0.2, 0.25) is 5.78 Å². The molecule has 1 saturated heterocycles. The van der Waals surface area contributed by atoms with Gasteiger partial charge in [0, 0.05) is 43.8 Å². The van der Waals surface area contributed by atoms with Gasteiger partial charge in [-0.25, -0.2) is 4.98 Å². The molecule has 7 heteroatoms. The minimum Gasteiger partial charge on any atom is -0.336 e. The van der Waals surface area contributed by atoms with Gasteiger partial charge in [0.25, 0.3) is 5.91 Å². The number of Topliss-reactive ketones (excluding diaryl/α,β-unsaturated/α-hetero) is 1. The average Bonchev–Trinajstić information content (AvgIpc) is 3.27. The van der Waals surface area contributed by atoms with Crippen LogP contribution in [0.25, 0.3) is 10.9 Å². The average molecular weight is 337 g/mol. The first-order chi connectivity index (χ1) is 12.1. The van der Waals surface area contributed by atoms with Crippen LogP contribution in [-0.2, 0) is 7.05 Å². The lowest BCUT2D eigenvalue weighted by molar-refractivity contribution is 0.0629. The number of imidazole rings is 1. The number of H-pyrrole nitrogens is 1. The topological polar surface area (TPSA) is 83.9 Å². The Balaban J connectivity index is 1.56. The van der Waals surface area contributed by atoms with Crippen molar-refractivity contribution >= 4 is 22.6 Å². The van der Waals surface area contributed by atoms with Crippen molar-refractivity contribution in [3.63, 3.8) is 0 Å². The maximum Gasteiger partial charge on any atom is 0.275 e. The second kappa shape index (κ2) is 6.16. The molecule has 1 aliphatic rings. The predicted molar refractivity (Wildman–Crippen MR) is 92.3 cm³/mol. The summed E-state index contributed by atoms with van der Waals surface area (Å²) in [5, 5.41) is 7.89. The van der Waals surface area contributed by atoms with E-state index in [-0.39, 0.29) is 17.6 Å². The molecule has 0 aliphatic carbocycles. The Labute approximate surface area is 144 Å². The van der Waals surface area contributed by atoms with Crippen molar-refractivity contribution in [3.05, 3.63) is 48.2 Å². The minimum atomic E-state index is -0.219. The number of piperidine rings is 1. The van der Waals surface area contributed by atoms with Crippen LogP contribution >= 0.6 is 0 Å². The molecular formula is C18H19N5O2. The Morgan fingerprint density at radius 1 is 1.28 bits per heavy atom. The molecule has 128 valence electrons. The third-order valence-electron chi connectivity index (χ3n) is 4.79. The number of carbonyl (C=O) groups excluding carboxylic acids is 2. The summed E-state index contributed by atoms with van der Waals surface area (Å²) < 4.78 is 1.73. The van der Waals surface area contributed by atoms with Gasteiger partial charge in [-0.05, 0) is 18.9 Å². The third kappa shape index (κ3) is 2.71. The Kier molecular flexibility index (Phi) is 3.83. The number of likely N-dealkylation sites (tertiary alicyclic amines) is 1. The highest BCUT2D eigenvalue weighted by Gasteiger charge is 2.32. The first kappa shape index (κ1) is 15.6. The summed E-state index contributed by atoms with van der Waals surface area (Å²) in [5.74, 6) is 0.0974. The fourth-order valence-corrected chi connectivity index (χ4v) is 3.44. The van der Waals surface area contributed by atoms with Crippen LogP contribution in [0.2, 0.25) is 0 Å². The molecule has 0 spiro atoms. The van der Waals surface area contributed by atoms with E-state index in [0.717, 1.165) is 23.7 Å². The number of para-hydroxylation sites is 1. The van der Waals surface area contributed by atoms with Gasteiger partial charge in [0.1, 0.15) is 0 Å². The van der Waals surface area contributed by atoms with E-state index in [4.69, 9.17) is 0 Å². The van der Waals surface area contributed by atoms with Crippen molar-refractivity contribution in [1.82, 2.24) is 24.6 Å². The van der Waals surface area contributed by atoms with E-state index >= 15 is 0 Å². The van der Waals surface area contributed by atoms with E-state index in [2.05, 4.69) is 15.2 Å². The number of carbonyl (C=O) groups is 2. The number of fused-ring (bicyclic) bond motifs is 1. The molecule has 1 aliphatic heterocycles. The smallest absolute Gasteiger partial charge is 0.275 e. The van der Waals surface area contributed by atoms with Crippen molar-refractivity contribution in [2.24, 2.45) is 13.0 Å². The summed E-state index contributed by atoms with van der Waals surface area (Å²) in [6, 6.07) is 7.56. The fourth-order valence-electron chi connectivity index (χ4n) is 3.44. The SMILES string of the molecule is Cn1ccnc1C(=O)C1CCCN(C(=O)c2n[nH]c3ccccc23)C1. The molecule has 1 aromatic carbocycles. The Morgan fingerprint density at radius 3 is 2.92 bits per heavy atom. The summed E-state index contributed by atoms with van der Waals surface area (Å²) in [6.45, 7) is 1.05. The molecule has 25 heavy (non-hydrogen) atoms. The van der Waals surface area contributed by atoms with Crippen molar-refractivity contribution in [2.45, 2.75) is 12.8 Å². The molecule has 1 atom stereocenters. The molecule has 3 aromatic rings. The van der Waals surface area contributed by atoms with Crippen LogP contribution in [-0.4, -0.2) is 49.4 Å². The zero-order valence-corrected chi connectivity index (χ0v) is 14.0. The van der Waals surface area contributed by atoms with Gasteiger partial charge in [-0.15, -0.1) is 0 Å². The zero-order chi connectivity index (χ0) is 17.4. The highest BCUT2D eigenvalue weighted by Crippen LogP contribution is 2.23. The number of aromatic amines is 1. The number of aryl methyl sites for hydroxylation is 1. The molecule has 0 radical (unpaired) electrons. The van der Waals surface area contributed by atoms with E-state index in [1.165, 1.54) is 0 Å². The van der Waals surface area contributed by atoms with Crippen LogP contribution in [0, 0.1) is 5.92 Å². The van der Waals surface area contributed by atoms with Crippen LogP contribution in [0.15, 0.2) is 36.7 Å². The third-order valence-corrected chi connectivity index (χ3v) is 4.79. The van der Waals surface area contributed by atoms with Gasteiger partial charge in [0.15, 0.2) is 11.5 Å². The Hall–Kier alpha value is -2.96. The number of hydrogen-bond acceptors (Lipinski definition) is 4. The summed E-state index contributed by atoms with van der Waals surface area (Å²) in [7, 11) is 1.81. The second-order valence-corrected chi connectivity index (χ2v) is 6.43. The number of rotatable bonds is 3. The highest BCUT2D eigenvalue weighted by molar-refractivity contribution is 6.05. The lowest BCUT2D eigenvalue weighted by Gasteiger charge is -2.31. The number of benzene rings is 1. The number of nitrogens with one attached hydrogen (secondary N) is 1. The summed E-state index contributed by atoms with van der Waals surface area (Å²) >= 11 is 0. The van der Waals surface area contributed by atoms with E-state index in [0.29, 0.717) is 24.6 Å². The van der Waals surface area contributed by atoms with E-state index in [1.807, 2.05) is 31.3 Å². The predicted octanol–water partition coefficient (Wildman–Crippen LogP) is 2.03.